The Kier molecular flexibility index (Phi) is 7.80. The van der Waals surface area contributed by atoms with Gasteiger partial charge in [-0.25, -0.2) is 13.1 Å². The number of benzene rings is 3. The van der Waals surface area contributed by atoms with Crippen molar-refractivity contribution in [1.29, 1.82) is 0 Å². The van der Waals surface area contributed by atoms with Crippen molar-refractivity contribution in [3.8, 4) is 45.1 Å². The van der Waals surface area contributed by atoms with Gasteiger partial charge in [0.1, 0.15) is 17.5 Å². The summed E-state index contributed by atoms with van der Waals surface area (Å²) in [5.74, 6) is -4.09. The lowest BCUT2D eigenvalue weighted by Gasteiger charge is -2.16. The molecule has 2 aromatic heterocycles. The van der Waals surface area contributed by atoms with Gasteiger partial charge in [0.25, 0.3) is 0 Å². The highest BCUT2D eigenvalue weighted by atomic mass is 32.2. The Labute approximate surface area is 248 Å². The number of hydrogen-bond donors (Lipinski definition) is 1. The van der Waals surface area contributed by atoms with Gasteiger partial charge in [-0.1, -0.05) is 29.5 Å². The first kappa shape index (κ1) is 30.8. The van der Waals surface area contributed by atoms with Gasteiger partial charge >= 0.3 is 12.3 Å². The number of aliphatic hydroxyl groups is 1. The van der Waals surface area contributed by atoms with Crippen LogP contribution in [-0.2, 0) is 22.8 Å². The van der Waals surface area contributed by atoms with Crippen LogP contribution in [-0.4, -0.2) is 57.0 Å². The summed E-state index contributed by atoms with van der Waals surface area (Å²) in [6.07, 6.45) is -4.44. The third kappa shape index (κ3) is 6.19. The van der Waals surface area contributed by atoms with Crippen molar-refractivity contribution in [1.82, 2.24) is 24.8 Å². The summed E-state index contributed by atoms with van der Waals surface area (Å²) in [7, 11) is -2.08. The van der Waals surface area contributed by atoms with Gasteiger partial charge in [0.05, 0.1) is 28.2 Å². The fourth-order valence-electron chi connectivity index (χ4n) is 4.54. The molecule has 0 fully saturated rings. The van der Waals surface area contributed by atoms with Crippen LogP contribution in [0.15, 0.2) is 83.9 Å². The Bertz CT molecular complexity index is 1930. The van der Waals surface area contributed by atoms with E-state index in [2.05, 4.69) is 20.1 Å². The maximum atomic E-state index is 14.7. The number of sulfone groups is 1. The fraction of sp³-hybridized carbons (Fsp3) is 0.207. The van der Waals surface area contributed by atoms with E-state index in [4.69, 9.17) is 0 Å². The first-order valence-electron chi connectivity index (χ1n) is 12.9. The van der Waals surface area contributed by atoms with E-state index < -0.39 is 39.7 Å². The van der Waals surface area contributed by atoms with Gasteiger partial charge in [-0.3, -0.25) is 4.68 Å². The Balaban J connectivity index is 1.69. The summed E-state index contributed by atoms with van der Waals surface area (Å²) in [6.45, 7) is 0.950. The third-order valence-electron chi connectivity index (χ3n) is 6.78. The molecule has 2 heterocycles. The molecule has 5 rings (SSSR count). The molecular weight excluding hydrogens is 609 g/mol. The first-order valence-corrected chi connectivity index (χ1v) is 14.8. The van der Waals surface area contributed by atoms with Crippen LogP contribution in [0.1, 0.15) is 12.6 Å². The van der Waals surface area contributed by atoms with Gasteiger partial charge in [0, 0.05) is 24.4 Å². The predicted octanol–water partition coefficient (Wildman–Crippen LogP) is 5.78. The lowest BCUT2D eigenvalue weighted by Crippen LogP contribution is -2.28. The highest BCUT2D eigenvalue weighted by molar-refractivity contribution is 7.90. The molecule has 0 aliphatic heterocycles. The molecule has 1 atom stereocenters. The van der Waals surface area contributed by atoms with Crippen LogP contribution in [0.25, 0.3) is 39.3 Å². The fourth-order valence-corrected chi connectivity index (χ4v) is 5.21. The third-order valence-corrected chi connectivity index (χ3v) is 7.89. The van der Waals surface area contributed by atoms with Crippen LogP contribution in [0.3, 0.4) is 0 Å². The minimum absolute atomic E-state index is 0.0832. The molecule has 0 spiro atoms. The molecule has 0 aliphatic carbocycles. The average Bonchev–Trinajstić information content (AvgIpc) is 3.59. The predicted molar refractivity (Wildman–Crippen MR) is 150 cm³/mol. The monoisotopic (exact) mass is 633 g/mol. The van der Waals surface area contributed by atoms with Crippen LogP contribution < -0.4 is 4.74 Å². The standard InChI is InChI=1S/C29H24F5N5O4S/c1-17(40)28(30,31)27-15-24(38(2)36-27)23-12-9-20(19-5-4-6-22(13-19)44(3,41)42)14-25(23)39-26(16-35-37-39)18-7-10-21(11-8-18)43-29(32,33)34/h4-17,40H,1-3H3. The highest BCUT2D eigenvalue weighted by Gasteiger charge is 2.41. The second kappa shape index (κ2) is 11.1. The lowest BCUT2D eigenvalue weighted by molar-refractivity contribution is -0.274. The molecule has 0 radical (unpaired) electrons. The van der Waals surface area contributed by atoms with E-state index >= 15 is 0 Å². The zero-order valence-corrected chi connectivity index (χ0v) is 24.1. The molecule has 1 unspecified atom stereocenters. The van der Waals surface area contributed by atoms with E-state index in [1.807, 2.05) is 0 Å². The number of aromatic nitrogens is 5. The van der Waals surface area contributed by atoms with Crippen LogP contribution in [0.2, 0.25) is 0 Å². The molecule has 0 bridgehead atoms. The molecule has 0 amide bonds. The van der Waals surface area contributed by atoms with Crippen LogP contribution >= 0.6 is 0 Å². The number of aryl methyl sites for hydroxylation is 1. The molecule has 15 heteroatoms. The molecule has 5 aromatic rings. The van der Waals surface area contributed by atoms with E-state index in [0.717, 1.165) is 31.4 Å². The molecule has 3 aromatic carbocycles. The van der Waals surface area contributed by atoms with Gasteiger partial charge in [-0.05, 0) is 66.6 Å². The van der Waals surface area contributed by atoms with Gasteiger partial charge in [-0.15, -0.1) is 18.3 Å². The summed E-state index contributed by atoms with van der Waals surface area (Å²) in [5, 5.41) is 21.7. The number of ether oxygens (including phenoxy) is 1. The number of halogens is 5. The molecule has 1 N–H and O–H groups in total. The quantitative estimate of drug-likeness (QED) is 0.216. The molecule has 0 aliphatic rings. The first-order chi connectivity index (χ1) is 20.5. The number of alkyl halides is 5. The topological polar surface area (TPSA) is 112 Å². The molecular formula is C29H24F5N5O4S. The Morgan fingerprint density at radius 3 is 2.18 bits per heavy atom. The van der Waals surface area contributed by atoms with Crippen molar-refractivity contribution in [3.63, 3.8) is 0 Å². The maximum absolute atomic E-state index is 14.7. The number of hydrogen-bond acceptors (Lipinski definition) is 7. The van der Waals surface area contributed by atoms with Crippen LogP contribution in [0, 0.1) is 0 Å². The molecule has 230 valence electrons. The average molecular weight is 634 g/mol. The van der Waals surface area contributed by atoms with Gasteiger partial charge in [-0.2, -0.15) is 13.9 Å². The molecule has 44 heavy (non-hydrogen) atoms. The highest BCUT2D eigenvalue weighted by Crippen LogP contribution is 2.38. The number of aliphatic hydroxyl groups excluding tert-OH is 1. The second-order valence-electron chi connectivity index (χ2n) is 9.97. The van der Waals surface area contributed by atoms with Crippen molar-refractivity contribution in [3.05, 3.63) is 84.7 Å². The van der Waals surface area contributed by atoms with E-state index in [9.17, 15) is 35.5 Å². The van der Waals surface area contributed by atoms with Gasteiger partial charge < -0.3 is 9.84 Å². The Morgan fingerprint density at radius 1 is 0.886 bits per heavy atom. The van der Waals surface area contributed by atoms with Crippen molar-refractivity contribution in [2.75, 3.05) is 6.26 Å². The SMILES string of the molecule is CC(O)C(F)(F)c1cc(-c2ccc(-c3cccc(S(C)(=O)=O)c3)cc2-n2nncc2-c2ccc(OC(F)(F)F)cc2)n(C)n1. The van der Waals surface area contributed by atoms with E-state index in [1.165, 1.54) is 46.9 Å². The van der Waals surface area contributed by atoms with Crippen molar-refractivity contribution < 1.29 is 40.2 Å². The summed E-state index contributed by atoms with van der Waals surface area (Å²) >= 11 is 0. The van der Waals surface area contributed by atoms with Crippen LogP contribution in [0.5, 0.6) is 5.75 Å². The largest absolute Gasteiger partial charge is 0.573 e. The summed E-state index contributed by atoms with van der Waals surface area (Å²) in [6, 6.07) is 17.3. The van der Waals surface area contributed by atoms with E-state index in [1.54, 1.807) is 30.3 Å². The molecule has 0 saturated carbocycles. The molecule has 0 saturated heterocycles. The minimum atomic E-state index is -4.87. The van der Waals surface area contributed by atoms with Crippen LogP contribution in [0.4, 0.5) is 22.0 Å². The van der Waals surface area contributed by atoms with Gasteiger partial charge in [0.2, 0.25) is 0 Å². The molecule has 9 nitrogen and oxygen atoms in total. The number of rotatable bonds is 8. The zero-order valence-electron chi connectivity index (χ0n) is 23.3. The summed E-state index contributed by atoms with van der Waals surface area (Å²) in [5.41, 5.74) is 2.05. The Hall–Kier alpha value is -4.63. The number of nitrogens with zero attached hydrogens (tertiary/aromatic N) is 5. The lowest BCUT2D eigenvalue weighted by atomic mass is 9.99. The minimum Gasteiger partial charge on any atom is -0.406 e. The normalized spacial score (nSPS) is 13.2. The summed E-state index contributed by atoms with van der Waals surface area (Å²) in [4.78, 5) is 0.0832. The van der Waals surface area contributed by atoms with Crippen molar-refractivity contribution in [2.24, 2.45) is 7.05 Å². The zero-order chi connectivity index (χ0) is 32.0. The Morgan fingerprint density at radius 2 is 1.55 bits per heavy atom. The second-order valence-corrected chi connectivity index (χ2v) is 12.0. The maximum Gasteiger partial charge on any atom is 0.573 e. The smallest absolute Gasteiger partial charge is 0.406 e. The van der Waals surface area contributed by atoms with Crippen molar-refractivity contribution in [2.45, 2.75) is 30.2 Å². The van der Waals surface area contributed by atoms with E-state index in [0.29, 0.717) is 33.6 Å². The van der Waals surface area contributed by atoms with E-state index in [-0.39, 0.29) is 10.6 Å². The van der Waals surface area contributed by atoms with Crippen molar-refractivity contribution >= 4 is 9.84 Å². The summed E-state index contributed by atoms with van der Waals surface area (Å²) < 4.78 is 98.4. The van der Waals surface area contributed by atoms with Gasteiger partial charge in [0.15, 0.2) is 9.84 Å².